The van der Waals surface area contributed by atoms with Gasteiger partial charge in [-0.3, -0.25) is 25.0 Å². The van der Waals surface area contributed by atoms with E-state index in [1.165, 1.54) is 49.9 Å². The van der Waals surface area contributed by atoms with Gasteiger partial charge >= 0.3 is 18.2 Å². The molecule has 9 rings (SSSR count). The first-order valence-corrected chi connectivity index (χ1v) is 25.3. The van der Waals surface area contributed by atoms with Crippen LogP contribution in [-0.4, -0.2) is 97.3 Å². The Morgan fingerprint density at radius 3 is 2.09 bits per heavy atom. The molecule has 4 aromatic carbocycles. The molecular formula is C57H59F4N13O5. The number of hydrogen-bond acceptors (Lipinski definition) is 12. The van der Waals surface area contributed by atoms with Gasteiger partial charge in [0, 0.05) is 104 Å². The van der Waals surface area contributed by atoms with Crippen LogP contribution in [0.2, 0.25) is 0 Å². The van der Waals surface area contributed by atoms with Gasteiger partial charge in [0.1, 0.15) is 40.9 Å². The SMILES string of the molecule is CCc1cc(Oc2ccc(NC(=O)Nc3ccc(CN4CCN(CC)CC4)c(C(F)(F)F)c3)cc2)ncn1.CNC(=O)c1cc(Oc2ccc(NC(=O)Nc3cc(C(C)(C)C)nn3-c3ccc4ncccc4c3)c(F)c2)ccn1. The van der Waals surface area contributed by atoms with E-state index < -0.39 is 29.6 Å². The average molecular weight is 1080 g/mol. The van der Waals surface area contributed by atoms with Crippen LogP contribution in [0.4, 0.5) is 50.0 Å². The number of pyridine rings is 2. The molecule has 0 saturated carbocycles. The summed E-state index contributed by atoms with van der Waals surface area (Å²) in [7, 11) is 1.49. The monoisotopic (exact) mass is 1080 g/mol. The molecule has 0 aliphatic carbocycles. The molecule has 1 saturated heterocycles. The average Bonchev–Trinajstić information content (AvgIpc) is 3.99. The lowest BCUT2D eigenvalue weighted by Crippen LogP contribution is -2.45. The molecule has 0 atom stereocenters. The smallest absolute Gasteiger partial charge is 0.416 e. The predicted molar refractivity (Wildman–Crippen MR) is 294 cm³/mol. The Labute approximate surface area is 453 Å². The van der Waals surface area contributed by atoms with Crippen LogP contribution in [0.15, 0.2) is 134 Å². The van der Waals surface area contributed by atoms with Crippen LogP contribution >= 0.6 is 0 Å². The van der Waals surface area contributed by atoms with Gasteiger partial charge in [-0.2, -0.15) is 18.3 Å². The van der Waals surface area contributed by atoms with Gasteiger partial charge in [-0.1, -0.05) is 46.8 Å². The van der Waals surface area contributed by atoms with Crippen LogP contribution in [0.1, 0.15) is 67.6 Å². The second-order valence-corrected chi connectivity index (χ2v) is 19.2. The third kappa shape index (κ3) is 15.1. The molecular weight excluding hydrogens is 1020 g/mol. The number of rotatable bonds is 14. The molecule has 22 heteroatoms. The fraction of sp³-hybridized carbons (Fsp3) is 0.263. The van der Waals surface area contributed by atoms with Crippen LogP contribution in [0.5, 0.6) is 23.1 Å². The third-order valence-corrected chi connectivity index (χ3v) is 12.5. The predicted octanol–water partition coefficient (Wildman–Crippen LogP) is 11.7. The number of aryl methyl sites for hydroxylation is 1. The molecule has 18 nitrogen and oxygen atoms in total. The number of halogens is 4. The number of fused-ring (bicyclic) bond motifs is 1. The Morgan fingerprint density at radius 1 is 0.671 bits per heavy atom. The molecule has 5 amide bonds. The molecule has 0 radical (unpaired) electrons. The van der Waals surface area contributed by atoms with Gasteiger partial charge in [-0.05, 0) is 97.4 Å². The van der Waals surface area contributed by atoms with Crippen LogP contribution in [0.25, 0.3) is 16.6 Å². The van der Waals surface area contributed by atoms with Crippen LogP contribution in [-0.2, 0) is 24.6 Å². The largest absolute Gasteiger partial charge is 0.457 e. The van der Waals surface area contributed by atoms with E-state index in [4.69, 9.17) is 14.6 Å². The van der Waals surface area contributed by atoms with Gasteiger partial charge in [0.2, 0.25) is 5.88 Å². The number of amides is 5. The standard InChI is InChI=1S/C30H28FN7O3.C27H31F3N6O2/c1-30(2,3)26-17-27(38(37-26)19-7-9-23-18(14-19)6-5-12-33-23)36-29(40)35-24-10-8-20(15-22(24)31)41-21-11-13-34-25(16-21)28(39)32-4;1-3-20-16-25(32-18-31-20)38-23-9-7-21(8-10-23)33-26(37)34-22-6-5-19(24(15-22)27(28,29)30)17-36-13-11-35(4-2)12-14-36/h5-17H,1-4H3,(H,32,39)(H2,35,36,40);5-10,15-16,18H,3-4,11-14,17H2,1-2H3,(H2,33,34,37). The first kappa shape index (κ1) is 56.2. The molecule has 0 bridgehead atoms. The van der Waals surface area contributed by atoms with Gasteiger partial charge in [0.25, 0.3) is 5.91 Å². The molecule has 79 heavy (non-hydrogen) atoms. The van der Waals surface area contributed by atoms with Crippen molar-refractivity contribution in [1.29, 1.82) is 0 Å². The van der Waals surface area contributed by atoms with Crippen molar-refractivity contribution in [3.8, 4) is 28.8 Å². The Hall–Kier alpha value is -9.02. The first-order valence-electron chi connectivity index (χ1n) is 25.3. The van der Waals surface area contributed by atoms with E-state index in [2.05, 4.69) is 58.3 Å². The van der Waals surface area contributed by atoms with Crippen LogP contribution in [0.3, 0.4) is 0 Å². The minimum Gasteiger partial charge on any atom is -0.457 e. The number of likely N-dealkylation sites (N-methyl/N-ethyl adjacent to an activating group) is 1. The summed E-state index contributed by atoms with van der Waals surface area (Å²) in [5, 5.41) is 18.6. The second-order valence-electron chi connectivity index (χ2n) is 19.2. The molecule has 0 spiro atoms. The summed E-state index contributed by atoms with van der Waals surface area (Å²) in [6.45, 7) is 14.4. The van der Waals surface area contributed by atoms with Crippen molar-refractivity contribution in [2.24, 2.45) is 0 Å². The zero-order valence-electron chi connectivity index (χ0n) is 44.3. The second kappa shape index (κ2) is 25.0. The van der Waals surface area contributed by atoms with Crippen molar-refractivity contribution < 1.29 is 41.4 Å². The summed E-state index contributed by atoms with van der Waals surface area (Å²) < 4.78 is 69.5. The highest BCUT2D eigenvalue weighted by atomic mass is 19.4. The van der Waals surface area contributed by atoms with E-state index in [1.54, 1.807) is 53.3 Å². The van der Waals surface area contributed by atoms with Gasteiger partial charge in [-0.25, -0.2) is 28.6 Å². The van der Waals surface area contributed by atoms with Gasteiger partial charge in [0.15, 0.2) is 0 Å². The number of piperazine rings is 1. The van der Waals surface area contributed by atoms with Crippen molar-refractivity contribution >= 4 is 51.8 Å². The molecule has 1 aliphatic rings. The lowest BCUT2D eigenvalue weighted by molar-refractivity contribution is -0.138. The highest BCUT2D eigenvalue weighted by Crippen LogP contribution is 2.35. The Kier molecular flexibility index (Phi) is 17.8. The van der Waals surface area contributed by atoms with E-state index >= 15 is 0 Å². The van der Waals surface area contributed by atoms with Crippen molar-refractivity contribution in [2.75, 3.05) is 61.0 Å². The maximum absolute atomic E-state index is 14.9. The minimum atomic E-state index is -4.54. The summed E-state index contributed by atoms with van der Waals surface area (Å²) in [4.78, 5) is 58.1. The summed E-state index contributed by atoms with van der Waals surface area (Å²) >= 11 is 0. The fourth-order valence-corrected chi connectivity index (χ4v) is 8.23. The van der Waals surface area contributed by atoms with Gasteiger partial charge in [-0.15, -0.1) is 0 Å². The number of nitrogens with one attached hydrogen (secondary N) is 5. The number of anilines is 4. The van der Waals surface area contributed by atoms with E-state index in [-0.39, 0.29) is 46.2 Å². The lowest BCUT2D eigenvalue weighted by Gasteiger charge is -2.34. The molecule has 4 aromatic heterocycles. The van der Waals surface area contributed by atoms with Crippen molar-refractivity contribution in [3.63, 3.8) is 0 Å². The lowest BCUT2D eigenvalue weighted by atomic mass is 9.92. The Morgan fingerprint density at radius 2 is 1.38 bits per heavy atom. The third-order valence-electron chi connectivity index (χ3n) is 12.5. The highest BCUT2D eigenvalue weighted by Gasteiger charge is 2.34. The minimum absolute atomic E-state index is 0.0467. The number of benzene rings is 4. The first-order chi connectivity index (χ1) is 37.8. The van der Waals surface area contributed by atoms with E-state index in [1.807, 2.05) is 62.9 Å². The van der Waals surface area contributed by atoms with Crippen LogP contribution < -0.4 is 36.1 Å². The van der Waals surface area contributed by atoms with Crippen molar-refractivity contribution in [3.05, 3.63) is 168 Å². The highest BCUT2D eigenvalue weighted by molar-refractivity contribution is 6.00. The summed E-state index contributed by atoms with van der Waals surface area (Å²) in [6.07, 6.45) is 0.789. The number of hydrogen-bond donors (Lipinski definition) is 5. The van der Waals surface area contributed by atoms with Crippen molar-refractivity contribution in [2.45, 2.75) is 59.2 Å². The normalized spacial score (nSPS) is 12.9. The van der Waals surface area contributed by atoms with E-state index in [0.29, 0.717) is 28.9 Å². The van der Waals surface area contributed by atoms with Crippen molar-refractivity contribution in [1.82, 2.24) is 44.8 Å². The van der Waals surface area contributed by atoms with Crippen LogP contribution in [0, 0.1) is 5.82 Å². The molecule has 5 N–H and O–H groups in total. The number of ether oxygens (including phenoxy) is 2. The number of aromatic nitrogens is 6. The summed E-state index contributed by atoms with van der Waals surface area (Å²) in [5.41, 5.74) is 2.98. The molecule has 1 fully saturated rings. The maximum atomic E-state index is 14.9. The van der Waals surface area contributed by atoms with Gasteiger partial charge < -0.3 is 35.6 Å². The zero-order valence-corrected chi connectivity index (χ0v) is 44.3. The van der Waals surface area contributed by atoms with Gasteiger partial charge in [0.05, 0.1) is 28.1 Å². The molecule has 410 valence electrons. The summed E-state index contributed by atoms with van der Waals surface area (Å²) in [5.74, 6) is 0.747. The summed E-state index contributed by atoms with van der Waals surface area (Å²) in [6, 6.07) is 29.2. The maximum Gasteiger partial charge on any atom is 0.416 e. The number of urea groups is 2. The molecule has 8 aromatic rings. The Balaban J connectivity index is 0.000000209. The number of carbonyl (C=O) groups is 3. The number of carbonyl (C=O) groups excluding carboxylic acids is 3. The quantitative estimate of drug-likeness (QED) is 0.0645. The van der Waals surface area contributed by atoms with E-state index in [9.17, 15) is 31.9 Å². The van der Waals surface area contributed by atoms with E-state index in [0.717, 1.165) is 79.3 Å². The Bertz CT molecular complexity index is 3430. The number of alkyl halides is 3. The number of nitrogens with zero attached hydrogens (tertiary/aromatic N) is 8. The molecule has 5 heterocycles. The molecule has 0 unspecified atom stereocenters. The zero-order chi connectivity index (χ0) is 56.3. The molecule has 1 aliphatic heterocycles. The topological polar surface area (TPSA) is 206 Å². The fourth-order valence-electron chi connectivity index (χ4n) is 8.23.